The molecule has 0 unspecified atom stereocenters. The average molecular weight is 378 g/mol. The molecule has 150 valence electrons. The molecule has 27 heavy (non-hydrogen) atoms. The average Bonchev–Trinajstić information content (AvgIpc) is 2.67. The highest BCUT2D eigenvalue weighted by Gasteiger charge is 2.26. The normalized spacial score (nSPS) is 15.2. The summed E-state index contributed by atoms with van der Waals surface area (Å²) in [6.45, 7) is 7.48. The van der Waals surface area contributed by atoms with E-state index >= 15 is 0 Å². The zero-order chi connectivity index (χ0) is 19.5. The molecule has 1 fully saturated rings. The van der Waals surface area contributed by atoms with Crippen LogP contribution in [0, 0.1) is 5.92 Å². The highest BCUT2D eigenvalue weighted by molar-refractivity contribution is 5.78. The Bertz CT molecular complexity index is 583. The van der Waals surface area contributed by atoms with Crippen molar-refractivity contribution in [1.29, 1.82) is 0 Å². The molecule has 1 aromatic rings. The maximum Gasteiger partial charge on any atom is 0.309 e. The fourth-order valence-electron chi connectivity index (χ4n) is 3.00. The first-order valence-electron chi connectivity index (χ1n) is 9.63. The maximum absolute atomic E-state index is 12.0. The highest BCUT2D eigenvalue weighted by atomic mass is 16.5. The van der Waals surface area contributed by atoms with E-state index < -0.39 is 0 Å². The van der Waals surface area contributed by atoms with Gasteiger partial charge in [0, 0.05) is 0 Å². The summed E-state index contributed by atoms with van der Waals surface area (Å²) in [7, 11) is 0. The molecular formula is C20H30N2O5. The lowest BCUT2D eigenvalue weighted by molar-refractivity contribution is -0.149. The van der Waals surface area contributed by atoms with Crippen LogP contribution in [0.1, 0.15) is 26.7 Å². The molecule has 1 N–H and O–H groups in total. The molecule has 0 radical (unpaired) electrons. The molecule has 0 bridgehead atoms. The van der Waals surface area contributed by atoms with Gasteiger partial charge in [0.1, 0.15) is 18.1 Å². The van der Waals surface area contributed by atoms with Gasteiger partial charge in [0.05, 0.1) is 32.2 Å². The molecule has 0 aromatic heterocycles. The summed E-state index contributed by atoms with van der Waals surface area (Å²) in [6, 6.07) is 7.41. The van der Waals surface area contributed by atoms with Gasteiger partial charge < -0.3 is 19.5 Å². The van der Waals surface area contributed by atoms with E-state index in [1.54, 1.807) is 0 Å². The van der Waals surface area contributed by atoms with E-state index in [1.807, 2.05) is 38.1 Å². The molecule has 0 spiro atoms. The van der Waals surface area contributed by atoms with Crippen LogP contribution in [0.4, 0.5) is 0 Å². The molecule has 1 heterocycles. The Kier molecular flexibility index (Phi) is 8.91. The van der Waals surface area contributed by atoms with Crippen LogP contribution in [-0.2, 0) is 14.3 Å². The minimum atomic E-state index is -0.118. The van der Waals surface area contributed by atoms with Gasteiger partial charge in [-0.1, -0.05) is 0 Å². The van der Waals surface area contributed by atoms with Gasteiger partial charge in [-0.25, -0.2) is 0 Å². The zero-order valence-electron chi connectivity index (χ0n) is 16.2. The SMILES string of the molecule is CCOC(=O)C1CCN(CC(=O)NCCOc2ccc(OCC)cc2)CC1. The van der Waals surface area contributed by atoms with E-state index in [1.165, 1.54) is 0 Å². The molecule has 1 aromatic carbocycles. The van der Waals surface area contributed by atoms with Gasteiger partial charge in [-0.2, -0.15) is 0 Å². The lowest BCUT2D eigenvalue weighted by atomic mass is 9.97. The quantitative estimate of drug-likeness (QED) is 0.495. The number of nitrogens with one attached hydrogen (secondary N) is 1. The summed E-state index contributed by atoms with van der Waals surface area (Å²) in [4.78, 5) is 25.8. The van der Waals surface area contributed by atoms with Crippen molar-refractivity contribution >= 4 is 11.9 Å². The number of likely N-dealkylation sites (tertiary alicyclic amines) is 1. The van der Waals surface area contributed by atoms with E-state index in [2.05, 4.69) is 10.2 Å². The third-order valence-corrected chi connectivity index (χ3v) is 4.40. The van der Waals surface area contributed by atoms with Crippen molar-refractivity contribution in [2.24, 2.45) is 5.92 Å². The lowest BCUT2D eigenvalue weighted by Gasteiger charge is -2.30. The van der Waals surface area contributed by atoms with Crippen molar-refractivity contribution in [1.82, 2.24) is 10.2 Å². The van der Waals surface area contributed by atoms with Crippen molar-refractivity contribution in [3.05, 3.63) is 24.3 Å². The summed E-state index contributed by atoms with van der Waals surface area (Å²) in [5.74, 6) is 1.37. The summed E-state index contributed by atoms with van der Waals surface area (Å²) < 4.78 is 16.0. The first-order chi connectivity index (χ1) is 13.1. The molecule has 1 aliphatic heterocycles. The van der Waals surface area contributed by atoms with E-state index in [0.29, 0.717) is 32.9 Å². The van der Waals surface area contributed by atoms with Crippen LogP contribution in [0.5, 0.6) is 11.5 Å². The summed E-state index contributed by atoms with van der Waals surface area (Å²) in [5.41, 5.74) is 0. The van der Waals surface area contributed by atoms with Crippen LogP contribution < -0.4 is 14.8 Å². The summed E-state index contributed by atoms with van der Waals surface area (Å²) in [5, 5.41) is 2.86. The third kappa shape index (κ3) is 7.46. The molecule has 0 saturated carbocycles. The Balaban J connectivity index is 1.58. The van der Waals surface area contributed by atoms with E-state index in [4.69, 9.17) is 14.2 Å². The number of carbonyl (C=O) groups is 2. The van der Waals surface area contributed by atoms with Gasteiger partial charge in [-0.05, 0) is 64.0 Å². The number of carbonyl (C=O) groups excluding carboxylic acids is 2. The van der Waals surface area contributed by atoms with Gasteiger partial charge in [0.25, 0.3) is 0 Å². The van der Waals surface area contributed by atoms with Gasteiger partial charge in [-0.3, -0.25) is 14.5 Å². The molecular weight excluding hydrogens is 348 g/mol. The number of nitrogens with zero attached hydrogens (tertiary/aromatic N) is 1. The van der Waals surface area contributed by atoms with Crippen molar-refractivity contribution in [2.45, 2.75) is 26.7 Å². The maximum atomic E-state index is 12.0. The van der Waals surface area contributed by atoms with Crippen molar-refractivity contribution in [2.75, 3.05) is 46.0 Å². The molecule has 2 rings (SSSR count). The summed E-state index contributed by atoms with van der Waals surface area (Å²) >= 11 is 0. The number of rotatable bonds is 10. The van der Waals surface area contributed by atoms with Crippen LogP contribution in [0.15, 0.2) is 24.3 Å². The number of benzene rings is 1. The molecule has 7 nitrogen and oxygen atoms in total. The standard InChI is InChI=1S/C20H30N2O5/c1-3-25-17-5-7-18(8-6-17)27-14-11-21-19(23)15-22-12-9-16(10-13-22)20(24)26-4-2/h5-8,16H,3-4,9-15H2,1-2H3,(H,21,23). The molecule has 1 amide bonds. The molecule has 0 atom stereocenters. The van der Waals surface area contributed by atoms with Gasteiger partial charge in [0.15, 0.2) is 0 Å². The Morgan fingerprint density at radius 2 is 1.67 bits per heavy atom. The molecule has 0 aliphatic carbocycles. The highest BCUT2D eigenvalue weighted by Crippen LogP contribution is 2.18. The predicted molar refractivity (Wildman–Crippen MR) is 102 cm³/mol. The predicted octanol–water partition coefficient (Wildman–Crippen LogP) is 1.86. The minimum Gasteiger partial charge on any atom is -0.494 e. The van der Waals surface area contributed by atoms with Crippen molar-refractivity contribution < 1.29 is 23.8 Å². The second kappa shape index (κ2) is 11.4. The van der Waals surface area contributed by atoms with E-state index in [9.17, 15) is 9.59 Å². The van der Waals surface area contributed by atoms with E-state index in [-0.39, 0.29) is 17.8 Å². The van der Waals surface area contributed by atoms with Gasteiger partial charge in [0.2, 0.25) is 5.91 Å². The van der Waals surface area contributed by atoms with Crippen LogP contribution in [0.3, 0.4) is 0 Å². The third-order valence-electron chi connectivity index (χ3n) is 4.40. The van der Waals surface area contributed by atoms with Crippen molar-refractivity contribution in [3.8, 4) is 11.5 Å². The number of ether oxygens (including phenoxy) is 3. The summed E-state index contributed by atoms with van der Waals surface area (Å²) in [6.07, 6.45) is 1.49. The van der Waals surface area contributed by atoms with Crippen LogP contribution in [0.2, 0.25) is 0 Å². The Morgan fingerprint density at radius 1 is 1.04 bits per heavy atom. The first kappa shape index (κ1) is 21.0. The Labute approximate surface area is 161 Å². The fraction of sp³-hybridized carbons (Fsp3) is 0.600. The zero-order valence-corrected chi connectivity index (χ0v) is 16.2. The smallest absolute Gasteiger partial charge is 0.309 e. The van der Waals surface area contributed by atoms with Gasteiger partial charge >= 0.3 is 5.97 Å². The first-order valence-corrected chi connectivity index (χ1v) is 9.63. The second-order valence-electron chi connectivity index (χ2n) is 6.41. The van der Waals surface area contributed by atoms with E-state index in [0.717, 1.165) is 37.4 Å². The van der Waals surface area contributed by atoms with Crippen LogP contribution in [-0.4, -0.2) is 62.8 Å². The Hall–Kier alpha value is -2.28. The number of esters is 1. The molecule has 1 saturated heterocycles. The molecule has 7 heteroatoms. The number of piperidine rings is 1. The number of hydrogen-bond donors (Lipinski definition) is 1. The fourth-order valence-corrected chi connectivity index (χ4v) is 3.00. The number of hydrogen-bond acceptors (Lipinski definition) is 6. The second-order valence-corrected chi connectivity index (χ2v) is 6.41. The van der Waals surface area contributed by atoms with Gasteiger partial charge in [-0.15, -0.1) is 0 Å². The van der Waals surface area contributed by atoms with Crippen LogP contribution in [0.25, 0.3) is 0 Å². The van der Waals surface area contributed by atoms with Crippen LogP contribution >= 0.6 is 0 Å². The minimum absolute atomic E-state index is 0.0279. The largest absolute Gasteiger partial charge is 0.494 e. The Morgan fingerprint density at radius 3 is 2.26 bits per heavy atom. The lowest BCUT2D eigenvalue weighted by Crippen LogP contribution is -2.43. The molecule has 1 aliphatic rings. The monoisotopic (exact) mass is 378 g/mol. The topological polar surface area (TPSA) is 77.1 Å². The van der Waals surface area contributed by atoms with Crippen molar-refractivity contribution in [3.63, 3.8) is 0 Å². The number of amides is 1.